The molecule has 0 saturated heterocycles. The molecule has 0 spiro atoms. The third kappa shape index (κ3) is 4.64. The molecule has 1 aliphatic heterocycles. The summed E-state index contributed by atoms with van der Waals surface area (Å²) < 4.78 is 4.20. The molecule has 186 valence electrons. The molecule has 1 N–H and O–H groups in total. The number of unbranched alkanes of at least 4 members (excludes halogenated alkanes) is 2. The van der Waals surface area contributed by atoms with Gasteiger partial charge in [0.15, 0.2) is 0 Å². The zero-order chi connectivity index (χ0) is 23.4. The van der Waals surface area contributed by atoms with Gasteiger partial charge >= 0.3 is 0 Å². The van der Waals surface area contributed by atoms with Crippen LogP contribution in [-0.4, -0.2) is 29.3 Å². The molecule has 1 aromatic carbocycles. The van der Waals surface area contributed by atoms with Gasteiger partial charge in [0.25, 0.3) is 17.5 Å². The first-order chi connectivity index (χ1) is 16.8. The molecular formula is C28H45BN4S. The Balaban J connectivity index is 1.70. The van der Waals surface area contributed by atoms with Crippen LogP contribution < -0.4 is 9.79 Å². The van der Waals surface area contributed by atoms with Crippen molar-refractivity contribution in [3.63, 3.8) is 0 Å². The predicted molar refractivity (Wildman–Crippen MR) is 149 cm³/mol. The summed E-state index contributed by atoms with van der Waals surface area (Å²) >= 11 is 1.94. The minimum absolute atomic E-state index is 0.495. The van der Waals surface area contributed by atoms with Gasteiger partial charge < -0.3 is 9.29 Å². The molecular weight excluding hydrogens is 435 g/mol. The molecule has 0 bridgehead atoms. The second kappa shape index (κ2) is 11.0. The van der Waals surface area contributed by atoms with Crippen molar-refractivity contribution in [1.82, 2.24) is 4.81 Å². The van der Waals surface area contributed by atoms with Crippen LogP contribution in [0, 0.1) is 0 Å². The van der Waals surface area contributed by atoms with Gasteiger partial charge in [0.2, 0.25) is 0 Å². The molecule has 0 unspecified atom stereocenters. The summed E-state index contributed by atoms with van der Waals surface area (Å²) in [5, 5.41) is 5.29. The fourth-order valence-corrected chi connectivity index (χ4v) is 8.39. The van der Waals surface area contributed by atoms with E-state index in [0.29, 0.717) is 12.1 Å². The van der Waals surface area contributed by atoms with Gasteiger partial charge in [0.1, 0.15) is 0 Å². The van der Waals surface area contributed by atoms with Gasteiger partial charge in [-0.05, 0) is 43.9 Å². The van der Waals surface area contributed by atoms with Gasteiger partial charge in [-0.25, -0.2) is 10.3 Å². The monoisotopic (exact) mass is 480 g/mol. The van der Waals surface area contributed by atoms with E-state index in [9.17, 15) is 0 Å². The maximum Gasteiger partial charge on any atom is 0.296 e. The highest BCUT2D eigenvalue weighted by Crippen LogP contribution is 2.39. The summed E-state index contributed by atoms with van der Waals surface area (Å²) in [5.41, 5.74) is 1.43. The van der Waals surface area contributed by atoms with Crippen LogP contribution in [0.5, 0.6) is 0 Å². The summed E-state index contributed by atoms with van der Waals surface area (Å²) in [6.07, 6.45) is 20.1. The fourth-order valence-electron chi connectivity index (χ4n) is 7.23. The van der Waals surface area contributed by atoms with Gasteiger partial charge in [-0.15, -0.1) is 12.6 Å². The van der Waals surface area contributed by atoms with Crippen molar-refractivity contribution in [3.8, 4) is 0 Å². The minimum atomic E-state index is -0.931. The van der Waals surface area contributed by atoms with E-state index in [2.05, 4.69) is 52.7 Å². The average molecular weight is 481 g/mol. The normalized spacial score (nSPS) is 22.8. The lowest BCUT2D eigenvalue weighted by Crippen LogP contribution is -2.81. The highest BCUT2D eigenvalue weighted by molar-refractivity contribution is 7.22. The number of para-hydroxylation sites is 1. The summed E-state index contributed by atoms with van der Waals surface area (Å²) in [6.45, 7) is 4.73. The topological polar surface area (TPSA) is 31.5 Å². The highest BCUT2D eigenvalue weighted by Gasteiger charge is 2.50. The number of hydrogen-bond donors (Lipinski definition) is 1. The van der Waals surface area contributed by atoms with Gasteiger partial charge in [-0.3, -0.25) is 0 Å². The lowest BCUT2D eigenvalue weighted by Gasteiger charge is -2.56. The number of rotatable bonds is 8. The number of hydrogen-bond acceptors (Lipinski definition) is 2. The molecule has 3 aliphatic rings. The Labute approximate surface area is 211 Å². The molecule has 0 radical (unpaired) electrons. The Morgan fingerprint density at radius 2 is 1.59 bits per heavy atom. The number of guanidine groups is 1. The van der Waals surface area contributed by atoms with Crippen LogP contribution in [-0.2, 0) is 0 Å². The summed E-state index contributed by atoms with van der Waals surface area (Å²) in [6, 6.07) is 10.2. The quantitative estimate of drug-likeness (QED) is 0.391. The van der Waals surface area contributed by atoms with Crippen LogP contribution in [0.4, 0.5) is 5.13 Å². The van der Waals surface area contributed by atoms with E-state index >= 15 is 0 Å². The third-order valence-electron chi connectivity index (χ3n) is 8.90. The molecule has 2 aromatic rings. The first kappa shape index (κ1) is 24.2. The lowest BCUT2D eigenvalue weighted by molar-refractivity contribution is -0.508. The van der Waals surface area contributed by atoms with E-state index in [4.69, 9.17) is 4.99 Å². The molecule has 2 fully saturated rings. The summed E-state index contributed by atoms with van der Waals surface area (Å²) in [7, 11) is 0. The zero-order valence-corrected chi connectivity index (χ0v) is 22.4. The van der Waals surface area contributed by atoms with E-state index in [1.807, 2.05) is 11.3 Å². The smallest absolute Gasteiger partial charge is 0.296 e. The molecule has 0 atom stereocenters. The van der Waals surface area contributed by atoms with Crippen LogP contribution in [0.3, 0.4) is 0 Å². The minimum Gasteiger partial charge on any atom is -0.454 e. The summed E-state index contributed by atoms with van der Waals surface area (Å²) in [5.74, 6) is 1.23. The zero-order valence-electron chi connectivity index (χ0n) is 21.6. The van der Waals surface area contributed by atoms with Gasteiger partial charge in [-0.1, -0.05) is 102 Å². The van der Waals surface area contributed by atoms with E-state index in [0.717, 1.165) is 0 Å². The van der Waals surface area contributed by atoms with Crippen molar-refractivity contribution < 1.29 is 4.48 Å². The predicted octanol–water partition coefficient (Wildman–Crippen LogP) is 7.83. The van der Waals surface area contributed by atoms with E-state index in [-0.39, 0.29) is 0 Å². The van der Waals surface area contributed by atoms with Crippen molar-refractivity contribution in [2.45, 2.75) is 128 Å². The highest BCUT2D eigenvalue weighted by atomic mass is 32.1. The molecule has 4 nitrogen and oxygen atoms in total. The molecule has 6 heteroatoms. The number of nitrogens with one attached hydrogen (secondary N) is 1. The number of anilines is 1. The number of benzene rings is 1. The van der Waals surface area contributed by atoms with Crippen molar-refractivity contribution >= 4 is 39.1 Å². The first-order valence-corrected chi connectivity index (χ1v) is 15.3. The maximum absolute atomic E-state index is 5.57. The van der Waals surface area contributed by atoms with E-state index in [1.54, 1.807) is 0 Å². The van der Waals surface area contributed by atoms with E-state index in [1.165, 1.54) is 124 Å². The van der Waals surface area contributed by atoms with Crippen LogP contribution in [0.2, 0.25) is 12.6 Å². The molecule has 0 amide bonds. The standard InChI is InChI=1S/C28H45BN4S/c1-3-5-21-29(22-6-4-2)32(24-17-11-8-12-18-24)27(30-23-15-9-7-10-16-23)31-28-33(29)25-19-13-14-20-26(25)34-28/h13-14,19-20,23-24H,3-12,15-18,21-22H2,1-2H3,(H,30,31). The fraction of sp³-hybridized carbons (Fsp3) is 0.714. The number of thiazole rings is 1. The third-order valence-corrected chi connectivity index (χ3v) is 9.96. The Morgan fingerprint density at radius 3 is 2.26 bits per heavy atom. The first-order valence-electron chi connectivity index (χ1n) is 14.5. The Morgan fingerprint density at radius 1 is 0.941 bits per heavy atom. The van der Waals surface area contributed by atoms with Crippen molar-refractivity contribution in [1.29, 1.82) is 0 Å². The Kier molecular flexibility index (Phi) is 7.82. The molecule has 5 rings (SSSR count). The number of aliphatic imine (C=N–C) groups is 1. The van der Waals surface area contributed by atoms with Crippen LogP contribution in [0.25, 0.3) is 10.2 Å². The lowest BCUT2D eigenvalue weighted by atomic mass is 9.37. The number of nitrogens with zero attached hydrogens (tertiary/aromatic N) is 3. The van der Waals surface area contributed by atoms with Crippen molar-refractivity contribution in [2.75, 3.05) is 5.32 Å². The second-order valence-corrected chi connectivity index (χ2v) is 12.3. The van der Waals surface area contributed by atoms with Gasteiger partial charge in [0.05, 0.1) is 16.3 Å². The second-order valence-electron chi connectivity index (χ2n) is 11.2. The van der Waals surface area contributed by atoms with Gasteiger partial charge in [0, 0.05) is 0 Å². The van der Waals surface area contributed by atoms with Crippen LogP contribution in [0.1, 0.15) is 104 Å². The van der Waals surface area contributed by atoms with Gasteiger partial charge in [-0.2, -0.15) is 0 Å². The summed E-state index contributed by atoms with van der Waals surface area (Å²) in [4.78, 5) is 8.49. The van der Waals surface area contributed by atoms with Crippen LogP contribution in [0.15, 0.2) is 29.3 Å². The number of fused-ring (bicyclic) bond motifs is 3. The Bertz CT molecular complexity index is 966. The maximum atomic E-state index is 5.57. The van der Waals surface area contributed by atoms with Crippen LogP contribution >= 0.6 is 11.3 Å². The SMILES string of the molecule is CCCC[B-]1(CCCC)N(C2CCCCC2)C(=NC2CCCCC2)Nc2sc3ccccc3[n+]21. The van der Waals surface area contributed by atoms with E-state index < -0.39 is 6.42 Å². The van der Waals surface area contributed by atoms with Crippen molar-refractivity contribution in [2.24, 2.45) is 4.99 Å². The average Bonchev–Trinajstić information content (AvgIpc) is 3.26. The molecule has 1 aromatic heterocycles. The number of aromatic nitrogens is 1. The molecule has 2 saturated carbocycles. The molecule has 2 aliphatic carbocycles. The molecule has 34 heavy (non-hydrogen) atoms. The molecule has 2 heterocycles. The van der Waals surface area contributed by atoms with Crippen molar-refractivity contribution in [3.05, 3.63) is 24.3 Å². The Hall–Kier alpha value is -1.56. The largest absolute Gasteiger partial charge is 0.454 e.